The minimum atomic E-state index is -1.04. The van der Waals surface area contributed by atoms with E-state index in [1.807, 2.05) is 24.3 Å². The maximum atomic E-state index is 12.1. The van der Waals surface area contributed by atoms with Gasteiger partial charge in [-0.3, -0.25) is 4.79 Å². The Kier molecular flexibility index (Phi) is 6.42. The first-order valence-electron chi connectivity index (χ1n) is 8.60. The van der Waals surface area contributed by atoms with Gasteiger partial charge in [-0.1, -0.05) is 32.9 Å². The molecule has 2 N–H and O–H groups in total. The fraction of sp³-hybridized carbons (Fsp3) is 0.579. The number of benzene rings is 1. The molecule has 2 unspecified atom stereocenters. The van der Waals surface area contributed by atoms with Crippen LogP contribution in [0.2, 0.25) is 0 Å². The van der Waals surface area contributed by atoms with E-state index in [0.29, 0.717) is 19.0 Å². The van der Waals surface area contributed by atoms with E-state index in [1.54, 1.807) is 0 Å². The van der Waals surface area contributed by atoms with E-state index in [0.717, 1.165) is 12.8 Å². The van der Waals surface area contributed by atoms with E-state index in [1.165, 1.54) is 5.56 Å². The SMILES string of the molecule is CC(C)(C)c1ccc(OCC(=O)NC(C(=O)O)C2CCCOC2)cc1. The molecule has 2 atom stereocenters. The molecule has 0 aromatic heterocycles. The normalized spacial score (nSPS) is 19.1. The molecule has 1 fully saturated rings. The summed E-state index contributed by atoms with van der Waals surface area (Å²) in [5.74, 6) is -1.12. The molecule has 1 amide bonds. The molecule has 2 rings (SSSR count). The molecule has 1 heterocycles. The molecule has 138 valence electrons. The van der Waals surface area contributed by atoms with Crippen LogP contribution in [0.4, 0.5) is 0 Å². The third-order valence-corrected chi connectivity index (χ3v) is 4.34. The lowest BCUT2D eigenvalue weighted by molar-refractivity contribution is -0.145. The van der Waals surface area contributed by atoms with Crippen LogP contribution in [-0.4, -0.2) is 42.8 Å². The second kappa shape index (κ2) is 8.34. The third kappa shape index (κ3) is 5.74. The Labute approximate surface area is 148 Å². The summed E-state index contributed by atoms with van der Waals surface area (Å²) in [6, 6.07) is 6.62. The largest absolute Gasteiger partial charge is 0.484 e. The minimum Gasteiger partial charge on any atom is -0.484 e. The summed E-state index contributed by atoms with van der Waals surface area (Å²) in [6.07, 6.45) is 1.54. The van der Waals surface area contributed by atoms with E-state index in [9.17, 15) is 14.7 Å². The monoisotopic (exact) mass is 349 g/mol. The maximum Gasteiger partial charge on any atom is 0.326 e. The predicted octanol–water partition coefficient (Wildman–Crippen LogP) is 2.36. The average molecular weight is 349 g/mol. The van der Waals surface area contributed by atoms with Crippen molar-refractivity contribution in [2.24, 2.45) is 5.92 Å². The van der Waals surface area contributed by atoms with Gasteiger partial charge in [-0.05, 0) is 36.0 Å². The molecule has 1 aromatic carbocycles. The quantitative estimate of drug-likeness (QED) is 0.823. The Hall–Kier alpha value is -2.08. The molecular formula is C19H27NO5. The number of carbonyl (C=O) groups excluding carboxylic acids is 1. The Morgan fingerprint density at radius 1 is 1.32 bits per heavy atom. The molecule has 6 heteroatoms. The van der Waals surface area contributed by atoms with Crippen molar-refractivity contribution in [3.8, 4) is 5.75 Å². The summed E-state index contributed by atoms with van der Waals surface area (Å²) in [7, 11) is 0. The zero-order valence-corrected chi connectivity index (χ0v) is 15.1. The first-order chi connectivity index (χ1) is 11.8. The maximum absolute atomic E-state index is 12.1. The molecule has 0 spiro atoms. The van der Waals surface area contributed by atoms with Gasteiger partial charge in [0.2, 0.25) is 0 Å². The minimum absolute atomic E-state index is 0.0483. The summed E-state index contributed by atoms with van der Waals surface area (Å²) in [5, 5.41) is 11.9. The molecule has 0 radical (unpaired) electrons. The second-order valence-electron chi connectivity index (χ2n) is 7.42. The predicted molar refractivity (Wildman–Crippen MR) is 93.7 cm³/mol. The first kappa shape index (κ1) is 19.2. The van der Waals surface area contributed by atoms with Crippen molar-refractivity contribution in [2.75, 3.05) is 19.8 Å². The number of aliphatic carboxylic acids is 1. The van der Waals surface area contributed by atoms with Gasteiger partial charge in [-0.2, -0.15) is 0 Å². The van der Waals surface area contributed by atoms with Gasteiger partial charge in [0.05, 0.1) is 6.61 Å². The highest BCUT2D eigenvalue weighted by Gasteiger charge is 2.31. The fourth-order valence-corrected chi connectivity index (χ4v) is 2.82. The zero-order chi connectivity index (χ0) is 18.4. The van der Waals surface area contributed by atoms with Crippen LogP contribution in [0.15, 0.2) is 24.3 Å². The number of hydrogen-bond acceptors (Lipinski definition) is 4. The van der Waals surface area contributed by atoms with Gasteiger partial charge in [-0.15, -0.1) is 0 Å². The summed E-state index contributed by atoms with van der Waals surface area (Å²) in [5.41, 5.74) is 1.22. The number of ether oxygens (including phenoxy) is 2. The summed E-state index contributed by atoms with van der Waals surface area (Å²) < 4.78 is 10.8. The van der Waals surface area contributed by atoms with Crippen molar-refractivity contribution in [3.63, 3.8) is 0 Å². The van der Waals surface area contributed by atoms with Crippen LogP contribution in [0, 0.1) is 5.92 Å². The Bertz CT molecular complexity index is 585. The van der Waals surface area contributed by atoms with E-state index in [2.05, 4.69) is 26.1 Å². The molecule has 1 saturated heterocycles. The number of carboxylic acid groups (broad SMARTS) is 1. The lowest BCUT2D eigenvalue weighted by atomic mass is 9.87. The smallest absolute Gasteiger partial charge is 0.326 e. The van der Waals surface area contributed by atoms with Gasteiger partial charge >= 0.3 is 5.97 Å². The van der Waals surface area contributed by atoms with E-state index < -0.39 is 17.9 Å². The third-order valence-electron chi connectivity index (χ3n) is 4.34. The lowest BCUT2D eigenvalue weighted by Gasteiger charge is -2.28. The van der Waals surface area contributed by atoms with Crippen LogP contribution < -0.4 is 10.1 Å². The highest BCUT2D eigenvalue weighted by molar-refractivity contribution is 5.84. The molecule has 1 aliphatic rings. The average Bonchev–Trinajstić information content (AvgIpc) is 2.58. The van der Waals surface area contributed by atoms with Gasteiger partial charge in [0.15, 0.2) is 6.61 Å². The summed E-state index contributed by atoms with van der Waals surface area (Å²) in [6.45, 7) is 7.15. The Morgan fingerprint density at radius 2 is 2.00 bits per heavy atom. The number of amides is 1. The van der Waals surface area contributed by atoms with Gasteiger partial charge in [0.1, 0.15) is 11.8 Å². The number of carbonyl (C=O) groups is 2. The van der Waals surface area contributed by atoms with Crippen LogP contribution in [0.5, 0.6) is 5.75 Å². The van der Waals surface area contributed by atoms with Crippen LogP contribution in [0.1, 0.15) is 39.2 Å². The second-order valence-corrected chi connectivity index (χ2v) is 7.42. The van der Waals surface area contributed by atoms with E-state index >= 15 is 0 Å². The molecule has 0 aliphatic carbocycles. The van der Waals surface area contributed by atoms with Crippen LogP contribution in [-0.2, 0) is 19.7 Å². The summed E-state index contributed by atoms with van der Waals surface area (Å²) >= 11 is 0. The molecular weight excluding hydrogens is 322 g/mol. The van der Waals surface area contributed by atoms with Crippen molar-refractivity contribution in [1.29, 1.82) is 0 Å². The lowest BCUT2D eigenvalue weighted by Crippen LogP contribution is -2.49. The van der Waals surface area contributed by atoms with Gasteiger partial charge < -0.3 is 19.9 Å². The molecule has 0 saturated carbocycles. The zero-order valence-electron chi connectivity index (χ0n) is 15.1. The highest BCUT2D eigenvalue weighted by atomic mass is 16.5. The van der Waals surface area contributed by atoms with Gasteiger partial charge in [0.25, 0.3) is 5.91 Å². The number of rotatable bonds is 6. The molecule has 1 aromatic rings. The van der Waals surface area contributed by atoms with Crippen LogP contribution in [0.25, 0.3) is 0 Å². The number of carboxylic acids is 1. The number of hydrogen-bond donors (Lipinski definition) is 2. The van der Waals surface area contributed by atoms with Crippen molar-refractivity contribution in [3.05, 3.63) is 29.8 Å². The Balaban J connectivity index is 1.87. The highest BCUT2D eigenvalue weighted by Crippen LogP contribution is 2.24. The standard InChI is InChI=1S/C19H27NO5/c1-19(2,3)14-6-8-15(9-7-14)25-12-16(21)20-17(18(22)23)13-5-4-10-24-11-13/h6-9,13,17H,4-5,10-12H2,1-3H3,(H,20,21)(H,22,23). The number of nitrogens with one attached hydrogen (secondary N) is 1. The Morgan fingerprint density at radius 3 is 2.52 bits per heavy atom. The molecule has 0 bridgehead atoms. The van der Waals surface area contributed by atoms with Crippen LogP contribution >= 0.6 is 0 Å². The first-order valence-corrected chi connectivity index (χ1v) is 8.60. The molecule has 25 heavy (non-hydrogen) atoms. The van der Waals surface area contributed by atoms with Crippen molar-refractivity contribution in [2.45, 2.75) is 45.1 Å². The van der Waals surface area contributed by atoms with Crippen LogP contribution in [0.3, 0.4) is 0 Å². The van der Waals surface area contributed by atoms with Crippen molar-refractivity contribution in [1.82, 2.24) is 5.32 Å². The fourth-order valence-electron chi connectivity index (χ4n) is 2.82. The van der Waals surface area contributed by atoms with E-state index in [4.69, 9.17) is 9.47 Å². The molecule has 1 aliphatic heterocycles. The van der Waals surface area contributed by atoms with Crippen molar-refractivity contribution < 1.29 is 24.2 Å². The van der Waals surface area contributed by atoms with Crippen molar-refractivity contribution >= 4 is 11.9 Å². The van der Waals surface area contributed by atoms with E-state index in [-0.39, 0.29) is 17.9 Å². The van der Waals surface area contributed by atoms with Gasteiger partial charge in [0, 0.05) is 12.5 Å². The summed E-state index contributed by atoms with van der Waals surface area (Å²) in [4.78, 5) is 23.5. The topological polar surface area (TPSA) is 84.9 Å². The molecule has 6 nitrogen and oxygen atoms in total. The van der Waals surface area contributed by atoms with Gasteiger partial charge in [-0.25, -0.2) is 4.79 Å².